The van der Waals surface area contributed by atoms with E-state index < -0.39 is 0 Å². The zero-order chi connectivity index (χ0) is 27.7. The monoisotopic (exact) mass is 528 g/mol. The largest absolute Gasteiger partial charge is 0.342 e. The van der Waals surface area contributed by atoms with Gasteiger partial charge in [0, 0.05) is 37.6 Å². The molecule has 0 saturated carbocycles. The molecule has 12 heteroatoms. The van der Waals surface area contributed by atoms with Gasteiger partial charge in [-0.25, -0.2) is 29.0 Å². The molecule has 6 amide bonds. The van der Waals surface area contributed by atoms with Crippen LogP contribution in [0.15, 0.2) is 12.1 Å². The number of amides is 6. The van der Waals surface area contributed by atoms with Crippen molar-refractivity contribution in [1.29, 1.82) is 0 Å². The Kier molecular flexibility index (Phi) is 10.4. The first kappa shape index (κ1) is 28.9. The first-order valence-electron chi connectivity index (χ1n) is 13.4. The summed E-state index contributed by atoms with van der Waals surface area (Å²) in [7, 11) is 0. The summed E-state index contributed by atoms with van der Waals surface area (Å²) in [6.45, 7) is 9.36. The lowest BCUT2D eigenvalue weighted by atomic mass is 10.1. The zero-order valence-corrected chi connectivity index (χ0v) is 23.0. The predicted molar refractivity (Wildman–Crippen MR) is 142 cm³/mol. The van der Waals surface area contributed by atoms with Crippen LogP contribution in [-0.2, 0) is 0 Å². The summed E-state index contributed by atoms with van der Waals surface area (Å²) < 4.78 is 2.74. The van der Waals surface area contributed by atoms with Crippen LogP contribution in [0.3, 0.4) is 0 Å². The summed E-state index contributed by atoms with van der Waals surface area (Å²) in [4.78, 5) is 51.4. The maximum Gasteiger partial charge on any atom is 0.342 e. The maximum absolute atomic E-state index is 12.3. The molecule has 0 spiro atoms. The lowest BCUT2D eigenvalue weighted by Crippen LogP contribution is -2.64. The molecule has 2 aromatic heterocycles. The van der Waals surface area contributed by atoms with Crippen molar-refractivity contribution in [2.45, 2.75) is 79.1 Å². The standard InChI is InChI=1S/C26H40N8O4/c1-19-17-21(3)33(29-19)23(35)27-13-9-5-7-11-15-31-25(37)32(26(31)38)16-12-8-6-10-14-28-24(36)34-22(4)18-20(2)30-34/h17-18H,5-16H2,1-4H3,(H,27,35)(H,28,36). The van der Waals surface area contributed by atoms with Crippen molar-refractivity contribution in [1.82, 2.24) is 40.0 Å². The van der Waals surface area contributed by atoms with Gasteiger partial charge in [0.05, 0.1) is 11.4 Å². The summed E-state index contributed by atoms with van der Waals surface area (Å²) in [5, 5.41) is 14.0. The minimum Gasteiger partial charge on any atom is -0.336 e. The molecule has 0 atom stereocenters. The third-order valence-electron chi connectivity index (χ3n) is 6.50. The molecular weight excluding hydrogens is 488 g/mol. The van der Waals surface area contributed by atoms with Crippen LogP contribution < -0.4 is 10.6 Å². The van der Waals surface area contributed by atoms with E-state index in [1.165, 1.54) is 19.2 Å². The molecule has 38 heavy (non-hydrogen) atoms. The van der Waals surface area contributed by atoms with Crippen LogP contribution in [0.25, 0.3) is 0 Å². The quantitative estimate of drug-likeness (QED) is 0.355. The lowest BCUT2D eigenvalue weighted by molar-refractivity contribution is 0.103. The zero-order valence-electron chi connectivity index (χ0n) is 23.0. The number of carbonyl (C=O) groups excluding carboxylic acids is 4. The number of rotatable bonds is 14. The Morgan fingerprint density at radius 2 is 1.00 bits per heavy atom. The predicted octanol–water partition coefficient (Wildman–Crippen LogP) is 4.11. The van der Waals surface area contributed by atoms with E-state index in [-0.39, 0.29) is 24.1 Å². The number of urea groups is 2. The Balaban J connectivity index is 1.17. The first-order chi connectivity index (χ1) is 18.2. The van der Waals surface area contributed by atoms with Gasteiger partial charge in [0.25, 0.3) is 0 Å². The highest BCUT2D eigenvalue weighted by Gasteiger charge is 2.42. The normalized spacial score (nSPS) is 13.2. The smallest absolute Gasteiger partial charge is 0.336 e. The van der Waals surface area contributed by atoms with Crippen molar-refractivity contribution in [2.24, 2.45) is 0 Å². The van der Waals surface area contributed by atoms with Crippen LogP contribution in [-0.4, -0.2) is 79.7 Å². The minimum atomic E-state index is -0.227. The number of hydrogen-bond acceptors (Lipinski definition) is 6. The maximum atomic E-state index is 12.3. The molecule has 0 unspecified atom stereocenters. The average Bonchev–Trinajstić information content (AvgIpc) is 3.40. The number of nitrogens with zero attached hydrogens (tertiary/aromatic N) is 6. The van der Waals surface area contributed by atoms with Gasteiger partial charge in [0.2, 0.25) is 0 Å². The highest BCUT2D eigenvalue weighted by Crippen LogP contribution is 2.18. The summed E-state index contributed by atoms with van der Waals surface area (Å²) in [6.07, 6.45) is 6.71. The van der Waals surface area contributed by atoms with Crippen molar-refractivity contribution in [3.63, 3.8) is 0 Å². The number of aromatic nitrogens is 4. The molecule has 1 saturated heterocycles. The van der Waals surface area contributed by atoms with Gasteiger partial charge >= 0.3 is 24.1 Å². The number of imide groups is 2. The molecule has 12 nitrogen and oxygen atoms in total. The van der Waals surface area contributed by atoms with Gasteiger partial charge < -0.3 is 10.6 Å². The van der Waals surface area contributed by atoms with E-state index >= 15 is 0 Å². The van der Waals surface area contributed by atoms with Crippen LogP contribution in [0.4, 0.5) is 19.2 Å². The van der Waals surface area contributed by atoms with E-state index in [1.807, 2.05) is 39.8 Å². The summed E-state index contributed by atoms with van der Waals surface area (Å²) in [5.74, 6) is 0. The number of hydrogen-bond donors (Lipinski definition) is 2. The van der Waals surface area contributed by atoms with Crippen molar-refractivity contribution in [2.75, 3.05) is 26.2 Å². The number of nitrogens with one attached hydrogen (secondary N) is 2. The fourth-order valence-electron chi connectivity index (χ4n) is 4.50. The van der Waals surface area contributed by atoms with Crippen LogP contribution in [0.2, 0.25) is 0 Å². The Labute approximate surface area is 223 Å². The van der Waals surface area contributed by atoms with Crippen molar-refractivity contribution < 1.29 is 19.2 Å². The summed E-state index contributed by atoms with van der Waals surface area (Å²) in [6, 6.07) is 2.82. The van der Waals surface area contributed by atoms with Crippen molar-refractivity contribution >= 4 is 24.1 Å². The van der Waals surface area contributed by atoms with Gasteiger partial charge in [0.15, 0.2) is 0 Å². The van der Waals surface area contributed by atoms with Gasteiger partial charge in [-0.2, -0.15) is 19.6 Å². The fourth-order valence-corrected chi connectivity index (χ4v) is 4.50. The molecule has 2 N–H and O–H groups in total. The van der Waals surface area contributed by atoms with E-state index in [4.69, 9.17) is 0 Å². The van der Waals surface area contributed by atoms with E-state index in [1.54, 1.807) is 0 Å². The second kappa shape index (κ2) is 13.7. The highest BCUT2D eigenvalue weighted by molar-refractivity contribution is 6.11. The molecule has 1 aliphatic heterocycles. The average molecular weight is 529 g/mol. The van der Waals surface area contributed by atoms with Gasteiger partial charge in [0.1, 0.15) is 0 Å². The molecule has 1 fully saturated rings. The number of aryl methyl sites for hydroxylation is 4. The molecule has 1 aliphatic rings. The number of carbonyl (C=O) groups is 4. The molecule has 2 aromatic rings. The van der Waals surface area contributed by atoms with E-state index in [9.17, 15) is 19.2 Å². The summed E-state index contributed by atoms with van der Waals surface area (Å²) >= 11 is 0. The second-order valence-electron chi connectivity index (χ2n) is 9.84. The molecule has 0 aliphatic carbocycles. The van der Waals surface area contributed by atoms with Crippen molar-refractivity contribution in [3.8, 4) is 0 Å². The van der Waals surface area contributed by atoms with E-state index in [0.717, 1.165) is 74.1 Å². The lowest BCUT2D eigenvalue weighted by Gasteiger charge is -2.39. The Morgan fingerprint density at radius 1 is 0.632 bits per heavy atom. The molecule has 0 aromatic carbocycles. The Morgan fingerprint density at radius 3 is 1.34 bits per heavy atom. The second-order valence-corrected chi connectivity index (χ2v) is 9.84. The molecule has 0 radical (unpaired) electrons. The number of unbranched alkanes of at least 4 members (excludes halogenated alkanes) is 6. The van der Waals surface area contributed by atoms with Crippen LogP contribution in [0.5, 0.6) is 0 Å². The van der Waals surface area contributed by atoms with Crippen LogP contribution in [0.1, 0.15) is 74.1 Å². The molecule has 3 heterocycles. The first-order valence-corrected chi connectivity index (χ1v) is 13.4. The summed E-state index contributed by atoms with van der Waals surface area (Å²) in [5.41, 5.74) is 3.22. The van der Waals surface area contributed by atoms with Gasteiger partial charge in [-0.15, -0.1) is 0 Å². The third-order valence-corrected chi connectivity index (χ3v) is 6.50. The molecular formula is C26H40N8O4. The minimum absolute atomic E-state index is 0.218. The van der Waals surface area contributed by atoms with E-state index in [0.29, 0.717) is 26.2 Å². The van der Waals surface area contributed by atoms with Crippen LogP contribution in [0, 0.1) is 27.7 Å². The Bertz CT molecular complexity index is 1040. The van der Waals surface area contributed by atoms with E-state index in [2.05, 4.69) is 20.8 Å². The van der Waals surface area contributed by atoms with Crippen LogP contribution >= 0.6 is 0 Å². The molecule has 208 valence electrons. The third kappa shape index (κ3) is 7.65. The van der Waals surface area contributed by atoms with Gasteiger partial charge in [-0.05, 0) is 65.5 Å². The topological polar surface area (TPSA) is 134 Å². The Hall–Kier alpha value is -3.70. The molecule has 3 rings (SSSR count). The van der Waals surface area contributed by atoms with Gasteiger partial charge in [-0.3, -0.25) is 0 Å². The fraction of sp³-hybridized carbons (Fsp3) is 0.615. The van der Waals surface area contributed by atoms with Crippen molar-refractivity contribution in [3.05, 3.63) is 34.9 Å². The highest BCUT2D eigenvalue weighted by atomic mass is 16.2. The SMILES string of the molecule is Cc1cc(C)n(C(=O)NCCCCCCN2C(=O)N(CCCCCCNC(=O)n3nc(C)cc3C)C2=O)n1. The van der Waals surface area contributed by atoms with Gasteiger partial charge in [-0.1, -0.05) is 25.7 Å². The molecule has 0 bridgehead atoms.